The number of rotatable bonds is 10. The van der Waals surface area contributed by atoms with Crippen LogP contribution in [0.5, 0.6) is 17.4 Å². The molecule has 1 atom stereocenters. The second kappa shape index (κ2) is 13.0. The van der Waals surface area contributed by atoms with Gasteiger partial charge in [0.05, 0.1) is 25.3 Å². The van der Waals surface area contributed by atoms with Crippen molar-refractivity contribution in [2.75, 3.05) is 7.11 Å². The molecule has 0 radical (unpaired) electrons. The molecule has 0 aliphatic rings. The largest absolute Gasteiger partial charge is 0.469 e. The van der Waals surface area contributed by atoms with E-state index in [2.05, 4.69) is 19.7 Å². The molecule has 0 saturated heterocycles. The van der Waals surface area contributed by atoms with Gasteiger partial charge in [0.1, 0.15) is 5.75 Å². The number of hydrogen-bond acceptors (Lipinski definition) is 8. The summed E-state index contributed by atoms with van der Waals surface area (Å²) in [6, 6.07) is 15.6. The Balaban J connectivity index is 1.71. The van der Waals surface area contributed by atoms with Crippen molar-refractivity contribution in [2.45, 2.75) is 26.6 Å². The number of carbonyl (C=O) groups excluding carboxylic acids is 1. The molecule has 1 N–H and O–H groups in total. The number of H-pyrrole nitrogens is 1. The number of aromatic amines is 1. The van der Waals surface area contributed by atoms with E-state index in [4.69, 9.17) is 21.1 Å². The van der Waals surface area contributed by atoms with E-state index in [9.17, 15) is 23.2 Å². The minimum Gasteiger partial charge on any atom is -0.469 e. The number of pyridine rings is 1. The van der Waals surface area contributed by atoms with E-state index in [1.54, 1.807) is 24.3 Å². The maximum Gasteiger partial charge on any atom is 0.387 e. The topological polar surface area (TPSA) is 130 Å². The van der Waals surface area contributed by atoms with Crippen LogP contribution < -0.4 is 26.5 Å². The van der Waals surface area contributed by atoms with Crippen LogP contribution >= 0.6 is 11.6 Å². The van der Waals surface area contributed by atoms with E-state index in [-0.39, 0.29) is 36.1 Å². The van der Waals surface area contributed by atoms with Gasteiger partial charge in [0.15, 0.2) is 5.75 Å². The number of aromatic nitrogens is 4. The number of nitrogens with zero attached hydrogens (tertiary/aromatic N) is 4. The maximum absolute atomic E-state index is 13.5. The van der Waals surface area contributed by atoms with Crippen LogP contribution in [0.15, 0.2) is 81.4 Å². The summed E-state index contributed by atoms with van der Waals surface area (Å²) in [6.45, 7) is -1.69. The number of hydrogen-bond donors (Lipinski definition) is 1. The Bertz CT molecular complexity index is 1700. The fourth-order valence-electron chi connectivity index (χ4n) is 3.73. The normalized spacial score (nSPS) is 12.3. The highest BCUT2D eigenvalue weighted by atomic mass is 35.5. The van der Waals surface area contributed by atoms with Crippen molar-refractivity contribution in [3.05, 3.63) is 104 Å². The SMILES string of the molecule is COC(=O)[C@@H](C)Cn1c(=O)[nH]/c(=N\c2ccc(Oc3ncccc3OC(F)F)cc2)n(Cc2ccc(Cl)cc2)c1=O. The summed E-state index contributed by atoms with van der Waals surface area (Å²) in [5.41, 5.74) is -0.474. The molecule has 0 saturated carbocycles. The van der Waals surface area contributed by atoms with Gasteiger partial charge in [-0.1, -0.05) is 30.7 Å². The van der Waals surface area contributed by atoms with E-state index in [0.29, 0.717) is 16.3 Å². The molecule has 214 valence electrons. The van der Waals surface area contributed by atoms with Crippen molar-refractivity contribution in [2.24, 2.45) is 10.9 Å². The third-order valence-corrected chi connectivity index (χ3v) is 5.99. The first-order valence-corrected chi connectivity index (χ1v) is 12.5. The van der Waals surface area contributed by atoms with Crippen molar-refractivity contribution >= 4 is 23.3 Å². The van der Waals surface area contributed by atoms with Gasteiger partial charge in [0.2, 0.25) is 5.62 Å². The predicted molar refractivity (Wildman–Crippen MR) is 144 cm³/mol. The molecule has 11 nitrogen and oxygen atoms in total. The van der Waals surface area contributed by atoms with Crippen LogP contribution in [0, 0.1) is 5.92 Å². The van der Waals surface area contributed by atoms with Gasteiger partial charge < -0.3 is 14.2 Å². The highest BCUT2D eigenvalue weighted by molar-refractivity contribution is 6.30. The van der Waals surface area contributed by atoms with Crippen LogP contribution in [-0.2, 0) is 22.6 Å². The summed E-state index contributed by atoms with van der Waals surface area (Å²) in [7, 11) is 1.22. The van der Waals surface area contributed by atoms with Crippen LogP contribution in [0.2, 0.25) is 5.02 Å². The van der Waals surface area contributed by atoms with Gasteiger partial charge in [-0.05, 0) is 54.1 Å². The van der Waals surface area contributed by atoms with Crippen LogP contribution in [0.1, 0.15) is 12.5 Å². The predicted octanol–water partition coefficient (Wildman–Crippen LogP) is 3.87. The summed E-state index contributed by atoms with van der Waals surface area (Å²) >= 11 is 5.99. The van der Waals surface area contributed by atoms with E-state index >= 15 is 0 Å². The number of nitrogens with one attached hydrogen (secondary N) is 1. The molecule has 0 spiro atoms. The summed E-state index contributed by atoms with van der Waals surface area (Å²) in [5, 5.41) is 0.510. The smallest absolute Gasteiger partial charge is 0.387 e. The molecular formula is C27H24ClF2N5O6. The number of ether oxygens (including phenoxy) is 3. The lowest BCUT2D eigenvalue weighted by molar-refractivity contribution is -0.145. The molecule has 4 rings (SSSR count). The first-order chi connectivity index (χ1) is 19.6. The molecule has 2 aromatic carbocycles. The van der Waals surface area contributed by atoms with Crippen molar-refractivity contribution in [3.8, 4) is 17.4 Å². The van der Waals surface area contributed by atoms with E-state index < -0.39 is 29.9 Å². The fourth-order valence-corrected chi connectivity index (χ4v) is 3.85. The van der Waals surface area contributed by atoms with E-state index in [1.807, 2.05) is 0 Å². The minimum absolute atomic E-state index is 0.0337. The molecule has 0 fully saturated rings. The van der Waals surface area contributed by atoms with Crippen LogP contribution in [-0.4, -0.2) is 38.8 Å². The molecule has 0 aliphatic carbocycles. The van der Waals surface area contributed by atoms with Crippen LogP contribution in [0.3, 0.4) is 0 Å². The average molecular weight is 588 g/mol. The summed E-state index contributed by atoms with van der Waals surface area (Å²) in [5.74, 6) is -1.48. The van der Waals surface area contributed by atoms with Crippen LogP contribution in [0.4, 0.5) is 14.5 Å². The Morgan fingerprint density at radius 2 is 1.78 bits per heavy atom. The minimum atomic E-state index is -3.05. The molecule has 2 aromatic heterocycles. The third-order valence-electron chi connectivity index (χ3n) is 5.73. The van der Waals surface area contributed by atoms with Gasteiger partial charge in [0.25, 0.3) is 5.88 Å². The quantitative estimate of drug-likeness (QED) is 0.279. The lowest BCUT2D eigenvalue weighted by Crippen LogP contribution is -2.51. The molecule has 0 bridgehead atoms. The number of benzene rings is 2. The summed E-state index contributed by atoms with van der Waals surface area (Å²) < 4.78 is 42.2. The Kier molecular flexibility index (Phi) is 9.30. The summed E-state index contributed by atoms with van der Waals surface area (Å²) in [4.78, 5) is 49.2. The molecule has 4 aromatic rings. The van der Waals surface area contributed by atoms with Crippen molar-refractivity contribution in [3.63, 3.8) is 0 Å². The molecule has 0 unspecified atom stereocenters. The molecule has 0 amide bonds. The number of carbonyl (C=O) groups is 1. The first kappa shape index (κ1) is 29.2. The molecular weight excluding hydrogens is 564 g/mol. The third kappa shape index (κ3) is 7.45. The standard InChI is InChI=1S/C27H24ClF2N5O6/c1-16(23(36)39-2)14-35-26(37)33-25(34(27(35)38)15-17-5-7-18(28)8-6-17)32-19-9-11-20(12-10-19)40-22-21(41-24(29)30)4-3-13-31-22/h3-13,16,24H,14-15H2,1-2H3,(H,32,33,37)/t16-/m0/s1. The molecule has 41 heavy (non-hydrogen) atoms. The van der Waals surface area contributed by atoms with Crippen molar-refractivity contribution < 1.29 is 27.8 Å². The molecule has 14 heteroatoms. The number of alkyl halides is 2. The van der Waals surface area contributed by atoms with Crippen molar-refractivity contribution in [1.82, 2.24) is 19.1 Å². The van der Waals surface area contributed by atoms with E-state index in [1.165, 1.54) is 61.2 Å². The Hall–Kier alpha value is -4.78. The molecule has 0 aliphatic heterocycles. The number of halogens is 3. The Morgan fingerprint density at radius 3 is 2.44 bits per heavy atom. The summed E-state index contributed by atoms with van der Waals surface area (Å²) in [6.07, 6.45) is 1.36. The number of methoxy groups -OCH3 is 1. The highest BCUT2D eigenvalue weighted by Gasteiger charge is 2.18. The highest BCUT2D eigenvalue weighted by Crippen LogP contribution is 2.30. The van der Waals surface area contributed by atoms with Gasteiger partial charge in [-0.15, -0.1) is 0 Å². The number of esters is 1. The lowest BCUT2D eigenvalue weighted by Gasteiger charge is -2.14. The average Bonchev–Trinajstić information content (AvgIpc) is 2.95. The van der Waals surface area contributed by atoms with Crippen molar-refractivity contribution in [1.29, 1.82) is 0 Å². The second-order valence-corrected chi connectivity index (χ2v) is 9.11. The van der Waals surface area contributed by atoms with Gasteiger partial charge in [-0.2, -0.15) is 8.78 Å². The zero-order valence-electron chi connectivity index (χ0n) is 21.8. The molecule has 2 heterocycles. The Morgan fingerprint density at radius 1 is 1.07 bits per heavy atom. The van der Waals surface area contributed by atoms with Gasteiger partial charge in [0, 0.05) is 17.8 Å². The Labute approximate surface area is 236 Å². The van der Waals surface area contributed by atoms with Gasteiger partial charge >= 0.3 is 24.0 Å². The maximum atomic E-state index is 13.5. The first-order valence-electron chi connectivity index (χ1n) is 12.1. The monoisotopic (exact) mass is 587 g/mol. The van der Waals surface area contributed by atoms with Gasteiger partial charge in [-0.3, -0.25) is 14.3 Å². The van der Waals surface area contributed by atoms with E-state index in [0.717, 1.165) is 4.57 Å². The zero-order valence-corrected chi connectivity index (χ0v) is 22.5. The lowest BCUT2D eigenvalue weighted by atomic mass is 10.2. The van der Waals surface area contributed by atoms with Gasteiger partial charge in [-0.25, -0.2) is 24.1 Å². The fraction of sp³-hybridized carbons (Fsp3) is 0.222. The zero-order chi connectivity index (χ0) is 29.5. The van der Waals surface area contributed by atoms with Crippen LogP contribution in [0.25, 0.3) is 0 Å². The second-order valence-electron chi connectivity index (χ2n) is 8.68.